The van der Waals surface area contributed by atoms with Crippen LogP contribution in [0.5, 0.6) is 0 Å². The fourth-order valence-electron chi connectivity index (χ4n) is 1.85. The Balaban J connectivity index is 0.00000625. The Morgan fingerprint density at radius 2 is 1.85 bits per heavy atom. The summed E-state index contributed by atoms with van der Waals surface area (Å²) in [5, 5.41) is 8.79. The minimum atomic E-state index is -4.20. The summed E-state index contributed by atoms with van der Waals surface area (Å²) < 4.78 is 36.4. The summed E-state index contributed by atoms with van der Waals surface area (Å²) in [5.41, 5.74) is 0.653. The van der Waals surface area contributed by atoms with Crippen molar-refractivity contribution in [3.63, 3.8) is 0 Å². The molecule has 0 unspecified atom stereocenters. The van der Waals surface area contributed by atoms with Crippen molar-refractivity contribution in [2.75, 3.05) is 25.0 Å². The van der Waals surface area contributed by atoms with Gasteiger partial charge in [0.05, 0.1) is 6.42 Å². The molecule has 10 heteroatoms. The number of nitrogens with zero attached hydrogens (tertiary/aromatic N) is 1. The number of halogens is 5. The smallest absolute Gasteiger partial charge is 0.357 e. The van der Waals surface area contributed by atoms with Crippen LogP contribution in [0.25, 0.3) is 0 Å². The number of carbonyl (C=O) groups excluding carboxylic acids is 1. The van der Waals surface area contributed by atoms with E-state index in [0.717, 1.165) is 0 Å². The van der Waals surface area contributed by atoms with Crippen LogP contribution >= 0.6 is 35.6 Å². The number of guanidine groups is 1. The van der Waals surface area contributed by atoms with Crippen LogP contribution in [-0.4, -0.2) is 37.7 Å². The molecule has 1 aromatic rings. The highest BCUT2D eigenvalue weighted by atomic mass is 127. The Labute approximate surface area is 173 Å². The van der Waals surface area contributed by atoms with Gasteiger partial charge in [0.25, 0.3) is 0 Å². The highest BCUT2D eigenvalue weighted by Crippen LogP contribution is 2.18. The molecule has 0 spiro atoms. The zero-order valence-corrected chi connectivity index (χ0v) is 17.4. The predicted molar refractivity (Wildman–Crippen MR) is 109 cm³/mol. The van der Waals surface area contributed by atoms with Crippen molar-refractivity contribution in [2.24, 2.45) is 4.99 Å². The molecule has 0 aromatic heterocycles. The molecule has 0 saturated heterocycles. The number of alkyl halides is 3. The Kier molecular flexibility index (Phi) is 12.4. The van der Waals surface area contributed by atoms with Gasteiger partial charge in [0, 0.05) is 36.8 Å². The minimum absolute atomic E-state index is 0. The first-order valence-electron chi connectivity index (χ1n) is 7.94. The standard InChI is InChI=1S/C16H22ClF3N4O.HI/c1-2-21-15(23-11-9-16(18,19)20)22-10-3-4-14(25)24-13-7-5-12(17)6-8-13;/h5-8H,2-4,9-11H2,1H3,(H,24,25)(H2,21,22,23);1H. The van der Waals surface area contributed by atoms with Gasteiger partial charge in [0.1, 0.15) is 0 Å². The molecular formula is C16H23ClF3IN4O. The molecule has 1 amide bonds. The van der Waals surface area contributed by atoms with Crippen molar-refractivity contribution >= 4 is 53.1 Å². The van der Waals surface area contributed by atoms with Gasteiger partial charge >= 0.3 is 6.18 Å². The van der Waals surface area contributed by atoms with E-state index in [1.165, 1.54) is 0 Å². The molecule has 0 heterocycles. The SMILES string of the molecule is CCNC(=NCCCC(=O)Nc1ccc(Cl)cc1)NCCC(F)(F)F.I. The number of amides is 1. The van der Waals surface area contributed by atoms with E-state index < -0.39 is 12.6 Å². The average molecular weight is 507 g/mol. The van der Waals surface area contributed by atoms with Crippen LogP contribution in [-0.2, 0) is 4.79 Å². The third kappa shape index (κ3) is 12.2. The summed E-state index contributed by atoms with van der Waals surface area (Å²) in [4.78, 5) is 16.0. The second-order valence-electron chi connectivity index (χ2n) is 5.21. The zero-order valence-electron chi connectivity index (χ0n) is 14.3. The van der Waals surface area contributed by atoms with Gasteiger partial charge in [-0.1, -0.05) is 11.6 Å². The molecule has 0 aliphatic heterocycles. The number of nitrogens with one attached hydrogen (secondary N) is 3. The Hall–Kier alpha value is -1.23. The highest BCUT2D eigenvalue weighted by molar-refractivity contribution is 14.0. The second-order valence-corrected chi connectivity index (χ2v) is 5.65. The van der Waals surface area contributed by atoms with Gasteiger partial charge in [0.2, 0.25) is 5.91 Å². The number of benzene rings is 1. The lowest BCUT2D eigenvalue weighted by atomic mass is 10.2. The maximum absolute atomic E-state index is 12.1. The topological polar surface area (TPSA) is 65.5 Å². The summed E-state index contributed by atoms with van der Waals surface area (Å²) in [6, 6.07) is 6.76. The molecule has 5 nitrogen and oxygen atoms in total. The average Bonchev–Trinajstić information content (AvgIpc) is 2.52. The van der Waals surface area contributed by atoms with Crippen LogP contribution < -0.4 is 16.0 Å². The van der Waals surface area contributed by atoms with Crippen molar-refractivity contribution in [1.29, 1.82) is 0 Å². The summed E-state index contributed by atoms with van der Waals surface area (Å²) >= 11 is 5.77. The predicted octanol–water partition coefficient (Wildman–Crippen LogP) is 4.18. The lowest BCUT2D eigenvalue weighted by Gasteiger charge is -2.12. The number of rotatable bonds is 8. The summed E-state index contributed by atoms with van der Waals surface area (Å²) in [5.74, 6) is 0.150. The molecule has 0 aliphatic carbocycles. The van der Waals surface area contributed by atoms with Crippen LogP contribution in [0.15, 0.2) is 29.3 Å². The molecule has 0 saturated carbocycles. The number of hydrogen-bond acceptors (Lipinski definition) is 2. The molecule has 0 aliphatic rings. The largest absolute Gasteiger partial charge is 0.390 e. The van der Waals surface area contributed by atoms with Crippen molar-refractivity contribution in [3.8, 4) is 0 Å². The Bertz CT molecular complexity index is 568. The van der Waals surface area contributed by atoms with Crippen molar-refractivity contribution in [2.45, 2.75) is 32.4 Å². The molecule has 26 heavy (non-hydrogen) atoms. The van der Waals surface area contributed by atoms with E-state index in [1.807, 2.05) is 6.92 Å². The highest BCUT2D eigenvalue weighted by Gasteiger charge is 2.26. The monoisotopic (exact) mass is 506 g/mol. The van der Waals surface area contributed by atoms with Crippen LogP contribution in [0.4, 0.5) is 18.9 Å². The maximum atomic E-state index is 12.1. The zero-order chi connectivity index (χ0) is 18.7. The number of aliphatic imine (C=N–C) groups is 1. The van der Waals surface area contributed by atoms with Gasteiger partial charge in [-0.05, 0) is 37.6 Å². The van der Waals surface area contributed by atoms with Gasteiger partial charge < -0.3 is 16.0 Å². The van der Waals surface area contributed by atoms with Crippen molar-refractivity contribution < 1.29 is 18.0 Å². The molecule has 1 rings (SSSR count). The molecule has 0 bridgehead atoms. The molecule has 0 atom stereocenters. The van der Waals surface area contributed by atoms with E-state index in [4.69, 9.17) is 11.6 Å². The molecule has 1 aromatic carbocycles. The second kappa shape index (κ2) is 13.0. The van der Waals surface area contributed by atoms with Gasteiger partial charge in [-0.15, -0.1) is 24.0 Å². The number of hydrogen-bond donors (Lipinski definition) is 3. The summed E-state index contributed by atoms with van der Waals surface area (Å²) in [7, 11) is 0. The minimum Gasteiger partial charge on any atom is -0.357 e. The summed E-state index contributed by atoms with van der Waals surface area (Å²) in [6.45, 7) is 2.44. The first kappa shape index (κ1) is 24.8. The normalized spacial score (nSPS) is 11.5. The van der Waals surface area contributed by atoms with Crippen LogP contribution in [0, 0.1) is 0 Å². The van der Waals surface area contributed by atoms with E-state index in [2.05, 4.69) is 20.9 Å². The first-order valence-corrected chi connectivity index (χ1v) is 8.32. The number of carbonyl (C=O) groups is 1. The van der Waals surface area contributed by atoms with Crippen LogP contribution in [0.1, 0.15) is 26.2 Å². The molecular weight excluding hydrogens is 484 g/mol. The quantitative estimate of drug-likeness (QED) is 0.214. The molecule has 148 valence electrons. The van der Waals surface area contributed by atoms with Gasteiger partial charge in [-0.25, -0.2) is 0 Å². The van der Waals surface area contributed by atoms with Crippen LogP contribution in [0.2, 0.25) is 5.02 Å². The van der Waals surface area contributed by atoms with E-state index >= 15 is 0 Å². The first-order chi connectivity index (χ1) is 11.8. The van der Waals surface area contributed by atoms with E-state index in [0.29, 0.717) is 36.2 Å². The fraction of sp³-hybridized carbons (Fsp3) is 0.500. The third-order valence-corrected chi connectivity index (χ3v) is 3.26. The van der Waals surface area contributed by atoms with Gasteiger partial charge in [0.15, 0.2) is 5.96 Å². The fourth-order valence-corrected chi connectivity index (χ4v) is 1.98. The summed E-state index contributed by atoms with van der Waals surface area (Å²) in [6.07, 6.45) is -4.39. The Morgan fingerprint density at radius 1 is 1.19 bits per heavy atom. The molecule has 0 fully saturated rings. The lowest BCUT2D eigenvalue weighted by Crippen LogP contribution is -2.39. The molecule has 0 radical (unpaired) electrons. The van der Waals surface area contributed by atoms with Crippen molar-refractivity contribution in [3.05, 3.63) is 29.3 Å². The third-order valence-electron chi connectivity index (χ3n) is 3.00. The lowest BCUT2D eigenvalue weighted by molar-refractivity contribution is -0.132. The van der Waals surface area contributed by atoms with Gasteiger partial charge in [-0.2, -0.15) is 13.2 Å². The number of anilines is 1. The maximum Gasteiger partial charge on any atom is 0.390 e. The Morgan fingerprint density at radius 3 is 2.42 bits per heavy atom. The van der Waals surface area contributed by atoms with E-state index in [9.17, 15) is 18.0 Å². The van der Waals surface area contributed by atoms with E-state index in [1.54, 1.807) is 24.3 Å². The van der Waals surface area contributed by atoms with Crippen molar-refractivity contribution in [1.82, 2.24) is 10.6 Å². The van der Waals surface area contributed by atoms with Gasteiger partial charge in [-0.3, -0.25) is 9.79 Å². The van der Waals surface area contributed by atoms with E-state index in [-0.39, 0.29) is 42.8 Å². The molecule has 3 N–H and O–H groups in total. The van der Waals surface area contributed by atoms with Crippen LogP contribution in [0.3, 0.4) is 0 Å².